The molecule has 0 aliphatic heterocycles. The van der Waals surface area contributed by atoms with Crippen LogP contribution in [0.25, 0.3) is 0 Å². The molecule has 0 rings (SSSR count). The van der Waals surface area contributed by atoms with E-state index in [9.17, 15) is 9.59 Å². The van der Waals surface area contributed by atoms with Crippen LogP contribution in [0.15, 0.2) is 0 Å². The van der Waals surface area contributed by atoms with Crippen LogP contribution in [0.2, 0.25) is 0 Å². The Morgan fingerprint density at radius 1 is 1.42 bits per heavy atom. The Kier molecular flexibility index (Phi) is 5.34. The summed E-state index contributed by atoms with van der Waals surface area (Å²) in [6.07, 6.45) is 1.63. The molecule has 1 atom stereocenters. The van der Waals surface area contributed by atoms with Gasteiger partial charge in [0.05, 0.1) is 13.0 Å². The van der Waals surface area contributed by atoms with Crippen LogP contribution in [0.3, 0.4) is 0 Å². The highest BCUT2D eigenvalue weighted by molar-refractivity contribution is 5.79. The number of carbonyl (C=O) groups excluding carboxylic acids is 2. The van der Waals surface area contributed by atoms with Crippen LogP contribution < -0.4 is 0 Å². The number of Topliss-reactive ketones (excluding diaryl/α,β-unsaturated/α-hetero) is 1. The van der Waals surface area contributed by atoms with E-state index in [0.717, 1.165) is 0 Å². The first-order valence-corrected chi connectivity index (χ1v) is 4.21. The Morgan fingerprint density at radius 2 is 2.00 bits per heavy atom. The Morgan fingerprint density at radius 3 is 2.42 bits per heavy atom. The molecule has 0 bridgehead atoms. The Labute approximate surface area is 73.1 Å². The lowest BCUT2D eigenvalue weighted by Crippen LogP contribution is -2.13. The second-order valence-corrected chi connectivity index (χ2v) is 2.86. The summed E-state index contributed by atoms with van der Waals surface area (Å²) >= 11 is 0. The van der Waals surface area contributed by atoms with Gasteiger partial charge in [-0.2, -0.15) is 0 Å². The Balaban J connectivity index is 3.63. The highest BCUT2D eigenvalue weighted by Crippen LogP contribution is 2.08. The number of rotatable bonds is 5. The Hall–Kier alpha value is -0.860. The zero-order valence-corrected chi connectivity index (χ0v) is 7.92. The topological polar surface area (TPSA) is 43.4 Å². The molecule has 0 aromatic rings. The van der Waals surface area contributed by atoms with Crippen molar-refractivity contribution in [2.24, 2.45) is 5.92 Å². The van der Waals surface area contributed by atoms with Crippen molar-refractivity contribution in [3.8, 4) is 0 Å². The van der Waals surface area contributed by atoms with Gasteiger partial charge < -0.3 is 4.74 Å². The molecular formula is C9H16O3. The van der Waals surface area contributed by atoms with Crippen LogP contribution in [-0.2, 0) is 14.3 Å². The molecule has 0 amide bonds. The SMILES string of the molecule is CCC(=O)CCC(C)C(=O)OC. The summed E-state index contributed by atoms with van der Waals surface area (Å²) in [5.74, 6) is -0.199. The van der Waals surface area contributed by atoms with E-state index < -0.39 is 0 Å². The maximum atomic E-state index is 10.9. The molecule has 0 saturated carbocycles. The van der Waals surface area contributed by atoms with Crippen LogP contribution in [0.5, 0.6) is 0 Å². The molecule has 0 fully saturated rings. The molecule has 0 aliphatic carbocycles. The molecule has 0 saturated heterocycles. The molecule has 0 aliphatic rings. The van der Waals surface area contributed by atoms with Crippen molar-refractivity contribution in [1.82, 2.24) is 0 Å². The number of esters is 1. The largest absolute Gasteiger partial charge is 0.469 e. The first-order valence-electron chi connectivity index (χ1n) is 4.21. The van der Waals surface area contributed by atoms with Crippen molar-refractivity contribution < 1.29 is 14.3 Å². The summed E-state index contributed by atoms with van der Waals surface area (Å²) < 4.78 is 4.53. The van der Waals surface area contributed by atoms with Gasteiger partial charge in [0.1, 0.15) is 5.78 Å². The number of hydrogen-bond acceptors (Lipinski definition) is 3. The molecule has 0 aromatic heterocycles. The number of hydrogen-bond donors (Lipinski definition) is 0. The highest BCUT2D eigenvalue weighted by atomic mass is 16.5. The van der Waals surface area contributed by atoms with Gasteiger partial charge in [0.25, 0.3) is 0 Å². The molecule has 3 heteroatoms. The van der Waals surface area contributed by atoms with Crippen LogP contribution >= 0.6 is 0 Å². The van der Waals surface area contributed by atoms with E-state index in [-0.39, 0.29) is 17.7 Å². The third kappa shape index (κ3) is 4.11. The van der Waals surface area contributed by atoms with Crippen molar-refractivity contribution in [1.29, 1.82) is 0 Å². The van der Waals surface area contributed by atoms with Crippen molar-refractivity contribution in [3.63, 3.8) is 0 Å². The van der Waals surface area contributed by atoms with Gasteiger partial charge in [-0.15, -0.1) is 0 Å². The molecule has 0 radical (unpaired) electrons. The first kappa shape index (κ1) is 11.1. The maximum Gasteiger partial charge on any atom is 0.308 e. The zero-order valence-electron chi connectivity index (χ0n) is 7.92. The van der Waals surface area contributed by atoms with E-state index in [1.54, 1.807) is 6.92 Å². The number of ether oxygens (including phenoxy) is 1. The monoisotopic (exact) mass is 172 g/mol. The maximum absolute atomic E-state index is 10.9. The van der Waals surface area contributed by atoms with Crippen LogP contribution in [-0.4, -0.2) is 18.9 Å². The minimum absolute atomic E-state index is 0.162. The second-order valence-electron chi connectivity index (χ2n) is 2.86. The average Bonchev–Trinajstić information content (AvgIpc) is 2.11. The van der Waals surface area contributed by atoms with E-state index in [2.05, 4.69) is 4.74 Å². The minimum atomic E-state index is -0.237. The molecule has 0 N–H and O–H groups in total. The Bertz CT molecular complexity index is 163. The fraction of sp³-hybridized carbons (Fsp3) is 0.778. The van der Waals surface area contributed by atoms with Crippen molar-refractivity contribution in [2.75, 3.05) is 7.11 Å². The molecule has 3 nitrogen and oxygen atoms in total. The van der Waals surface area contributed by atoms with Gasteiger partial charge in [-0.25, -0.2) is 0 Å². The fourth-order valence-corrected chi connectivity index (χ4v) is 0.873. The van der Waals surface area contributed by atoms with Gasteiger partial charge in [-0.1, -0.05) is 13.8 Å². The molecule has 0 heterocycles. The van der Waals surface area contributed by atoms with Gasteiger partial charge in [-0.05, 0) is 6.42 Å². The van der Waals surface area contributed by atoms with E-state index >= 15 is 0 Å². The zero-order chi connectivity index (χ0) is 9.56. The van der Waals surface area contributed by atoms with Gasteiger partial charge in [0.15, 0.2) is 0 Å². The van der Waals surface area contributed by atoms with E-state index in [1.807, 2.05) is 6.92 Å². The number of ketones is 1. The summed E-state index contributed by atoms with van der Waals surface area (Å²) in [5, 5.41) is 0. The quantitative estimate of drug-likeness (QED) is 0.591. The summed E-state index contributed by atoms with van der Waals surface area (Å²) in [7, 11) is 1.36. The molecule has 0 spiro atoms. The van der Waals surface area contributed by atoms with E-state index in [0.29, 0.717) is 19.3 Å². The van der Waals surface area contributed by atoms with E-state index in [4.69, 9.17) is 0 Å². The normalized spacial score (nSPS) is 12.2. The molecular weight excluding hydrogens is 156 g/mol. The minimum Gasteiger partial charge on any atom is -0.469 e. The predicted octanol–water partition coefficient (Wildman–Crippen LogP) is 1.55. The van der Waals surface area contributed by atoms with Crippen molar-refractivity contribution in [2.45, 2.75) is 33.1 Å². The highest BCUT2D eigenvalue weighted by Gasteiger charge is 2.13. The summed E-state index contributed by atoms with van der Waals surface area (Å²) in [6, 6.07) is 0. The summed E-state index contributed by atoms with van der Waals surface area (Å²) in [4.78, 5) is 21.8. The standard InChI is InChI=1S/C9H16O3/c1-4-8(10)6-5-7(2)9(11)12-3/h7H,4-6H2,1-3H3. The predicted molar refractivity (Wildman–Crippen MR) is 45.7 cm³/mol. The molecule has 70 valence electrons. The van der Waals surface area contributed by atoms with Gasteiger partial charge >= 0.3 is 5.97 Å². The lowest BCUT2D eigenvalue weighted by Gasteiger charge is -2.06. The summed E-state index contributed by atoms with van der Waals surface area (Å²) in [5.41, 5.74) is 0. The smallest absolute Gasteiger partial charge is 0.308 e. The third-order valence-electron chi connectivity index (χ3n) is 1.85. The van der Waals surface area contributed by atoms with Gasteiger partial charge in [0.2, 0.25) is 0 Å². The first-order chi connectivity index (χ1) is 5.61. The fourth-order valence-electron chi connectivity index (χ4n) is 0.873. The molecule has 0 aromatic carbocycles. The average molecular weight is 172 g/mol. The van der Waals surface area contributed by atoms with Crippen molar-refractivity contribution >= 4 is 11.8 Å². The van der Waals surface area contributed by atoms with Crippen LogP contribution in [0.4, 0.5) is 0 Å². The second kappa shape index (κ2) is 5.75. The molecule has 1 unspecified atom stereocenters. The van der Waals surface area contributed by atoms with E-state index in [1.165, 1.54) is 7.11 Å². The van der Waals surface area contributed by atoms with Gasteiger partial charge in [-0.3, -0.25) is 9.59 Å². The molecule has 12 heavy (non-hydrogen) atoms. The summed E-state index contributed by atoms with van der Waals surface area (Å²) in [6.45, 7) is 3.60. The third-order valence-corrected chi connectivity index (χ3v) is 1.85. The van der Waals surface area contributed by atoms with Crippen LogP contribution in [0.1, 0.15) is 33.1 Å². The lowest BCUT2D eigenvalue weighted by atomic mass is 10.0. The number of carbonyl (C=O) groups is 2. The van der Waals surface area contributed by atoms with Crippen molar-refractivity contribution in [3.05, 3.63) is 0 Å². The number of methoxy groups -OCH3 is 1. The lowest BCUT2D eigenvalue weighted by molar-refractivity contribution is -0.145. The van der Waals surface area contributed by atoms with Gasteiger partial charge in [0, 0.05) is 12.8 Å². The van der Waals surface area contributed by atoms with Crippen LogP contribution in [0, 0.1) is 5.92 Å².